The molecule has 6 nitrogen and oxygen atoms in total. The first-order valence-corrected chi connectivity index (χ1v) is 12.0. The Morgan fingerprint density at radius 1 is 1.03 bits per heavy atom. The lowest BCUT2D eigenvalue weighted by atomic mass is 9.92. The molecular formula is C28H26ClN3O3. The van der Waals surface area contributed by atoms with Crippen LogP contribution in [0.15, 0.2) is 66.7 Å². The number of nitrogens with one attached hydrogen (secondary N) is 2. The lowest BCUT2D eigenvalue weighted by Gasteiger charge is -2.23. The molecule has 0 saturated carbocycles. The van der Waals surface area contributed by atoms with Gasteiger partial charge in [0.2, 0.25) is 0 Å². The highest BCUT2D eigenvalue weighted by Crippen LogP contribution is 2.38. The van der Waals surface area contributed by atoms with Crippen LogP contribution in [0, 0.1) is 0 Å². The van der Waals surface area contributed by atoms with Crippen LogP contribution < -0.4 is 20.1 Å². The monoisotopic (exact) mass is 487 g/mol. The molecule has 0 fully saturated rings. The first kappa shape index (κ1) is 23.0. The van der Waals surface area contributed by atoms with Crippen molar-refractivity contribution in [2.24, 2.45) is 0 Å². The summed E-state index contributed by atoms with van der Waals surface area (Å²) in [6.07, 6.45) is 4.19. The van der Waals surface area contributed by atoms with Crippen LogP contribution >= 0.6 is 11.6 Å². The van der Waals surface area contributed by atoms with Gasteiger partial charge in [0.25, 0.3) is 5.91 Å². The second-order valence-electron chi connectivity index (χ2n) is 8.47. The lowest BCUT2D eigenvalue weighted by molar-refractivity contribution is -0.118. The zero-order valence-corrected chi connectivity index (χ0v) is 20.2. The third-order valence-corrected chi connectivity index (χ3v) is 6.35. The zero-order chi connectivity index (χ0) is 24.2. The number of halogens is 1. The Hall–Kier alpha value is -3.77. The fourth-order valence-corrected chi connectivity index (χ4v) is 4.53. The molecule has 0 radical (unpaired) electrons. The molecule has 0 atom stereocenters. The highest BCUT2D eigenvalue weighted by molar-refractivity contribution is 6.30. The number of carbonyl (C=O) groups excluding carboxylic acids is 1. The predicted molar refractivity (Wildman–Crippen MR) is 140 cm³/mol. The van der Waals surface area contributed by atoms with Gasteiger partial charge in [-0.15, -0.1) is 0 Å². The number of hydrogen-bond acceptors (Lipinski definition) is 5. The predicted octanol–water partition coefficient (Wildman–Crippen LogP) is 6.54. The van der Waals surface area contributed by atoms with E-state index in [1.165, 1.54) is 5.56 Å². The molecule has 35 heavy (non-hydrogen) atoms. The molecule has 1 aliphatic carbocycles. The Morgan fingerprint density at radius 2 is 1.83 bits per heavy atom. The van der Waals surface area contributed by atoms with E-state index in [4.69, 9.17) is 26.1 Å². The van der Waals surface area contributed by atoms with Gasteiger partial charge in [0.1, 0.15) is 11.5 Å². The van der Waals surface area contributed by atoms with E-state index in [1.807, 2.05) is 42.5 Å². The smallest absolute Gasteiger partial charge is 0.262 e. The minimum atomic E-state index is -0.246. The van der Waals surface area contributed by atoms with Gasteiger partial charge < -0.3 is 20.1 Å². The number of ether oxygens (including phenoxy) is 2. The van der Waals surface area contributed by atoms with Crippen molar-refractivity contribution in [2.75, 3.05) is 24.4 Å². The number of carbonyl (C=O) groups is 1. The quantitative estimate of drug-likeness (QED) is 0.310. The number of hydrogen-bond donors (Lipinski definition) is 2. The van der Waals surface area contributed by atoms with Crippen LogP contribution in [-0.4, -0.2) is 24.6 Å². The minimum absolute atomic E-state index is 0.103. The average molecular weight is 488 g/mol. The Balaban J connectivity index is 1.44. The van der Waals surface area contributed by atoms with Crippen molar-refractivity contribution >= 4 is 45.5 Å². The third kappa shape index (κ3) is 5.17. The van der Waals surface area contributed by atoms with Crippen LogP contribution in [0.2, 0.25) is 5.02 Å². The van der Waals surface area contributed by atoms with Gasteiger partial charge in [0.05, 0.1) is 24.0 Å². The summed E-state index contributed by atoms with van der Waals surface area (Å²) in [5, 5.41) is 8.12. The highest BCUT2D eigenvalue weighted by atomic mass is 35.5. The molecule has 0 unspecified atom stereocenters. The van der Waals surface area contributed by atoms with E-state index < -0.39 is 0 Å². The normalized spacial score (nSPS) is 12.6. The molecule has 2 N–H and O–H groups in total. The molecule has 3 aromatic carbocycles. The molecule has 1 amide bonds. The summed E-state index contributed by atoms with van der Waals surface area (Å²) in [6, 6.07) is 20.6. The van der Waals surface area contributed by atoms with Crippen LogP contribution in [0.1, 0.15) is 24.1 Å². The van der Waals surface area contributed by atoms with Gasteiger partial charge >= 0.3 is 0 Å². The Kier molecular flexibility index (Phi) is 6.73. The van der Waals surface area contributed by atoms with Gasteiger partial charge in [-0.25, -0.2) is 0 Å². The van der Waals surface area contributed by atoms with Crippen molar-refractivity contribution in [1.29, 1.82) is 0 Å². The van der Waals surface area contributed by atoms with E-state index in [0.717, 1.165) is 59.4 Å². The molecule has 7 heteroatoms. The van der Waals surface area contributed by atoms with Crippen LogP contribution in [0.3, 0.4) is 0 Å². The van der Waals surface area contributed by atoms with Gasteiger partial charge in [-0.3, -0.25) is 9.78 Å². The second kappa shape index (κ2) is 10.2. The number of benzene rings is 3. The number of para-hydroxylation sites is 2. The summed E-state index contributed by atoms with van der Waals surface area (Å²) < 4.78 is 11.1. The van der Waals surface area contributed by atoms with Crippen LogP contribution in [0.25, 0.3) is 10.9 Å². The number of nitrogens with zero attached hydrogens (tertiary/aromatic N) is 1. The maximum atomic E-state index is 12.6. The van der Waals surface area contributed by atoms with Gasteiger partial charge in [-0.1, -0.05) is 23.7 Å². The van der Waals surface area contributed by atoms with E-state index in [1.54, 1.807) is 31.4 Å². The number of methoxy groups -OCH3 is 1. The van der Waals surface area contributed by atoms with Gasteiger partial charge in [0.15, 0.2) is 6.61 Å². The maximum Gasteiger partial charge on any atom is 0.262 e. The second-order valence-corrected chi connectivity index (χ2v) is 8.90. The fraction of sp³-hybridized carbons (Fsp3) is 0.214. The molecular weight excluding hydrogens is 462 g/mol. The zero-order valence-electron chi connectivity index (χ0n) is 19.4. The van der Waals surface area contributed by atoms with E-state index in [-0.39, 0.29) is 12.5 Å². The highest BCUT2D eigenvalue weighted by Gasteiger charge is 2.20. The summed E-state index contributed by atoms with van der Waals surface area (Å²) >= 11 is 5.90. The maximum absolute atomic E-state index is 12.6. The van der Waals surface area contributed by atoms with Crippen molar-refractivity contribution in [3.05, 3.63) is 83.0 Å². The number of fused-ring (bicyclic) bond motifs is 2. The number of aromatic nitrogens is 1. The molecule has 0 bridgehead atoms. The van der Waals surface area contributed by atoms with Crippen molar-refractivity contribution in [3.63, 3.8) is 0 Å². The van der Waals surface area contributed by atoms with Crippen molar-refractivity contribution in [2.45, 2.75) is 25.7 Å². The van der Waals surface area contributed by atoms with Crippen LogP contribution in [0.4, 0.5) is 17.1 Å². The summed E-state index contributed by atoms with van der Waals surface area (Å²) in [6.45, 7) is -0.103. The van der Waals surface area contributed by atoms with Gasteiger partial charge in [-0.2, -0.15) is 0 Å². The molecule has 1 aliphatic rings. The number of pyridine rings is 1. The van der Waals surface area contributed by atoms with Crippen LogP contribution in [0.5, 0.6) is 11.5 Å². The summed E-state index contributed by atoms with van der Waals surface area (Å²) in [7, 11) is 1.67. The van der Waals surface area contributed by atoms with Gasteiger partial charge in [0, 0.05) is 21.8 Å². The van der Waals surface area contributed by atoms with Crippen molar-refractivity contribution < 1.29 is 14.3 Å². The Labute approximate surface area is 209 Å². The Bertz CT molecular complexity index is 1370. The number of rotatable bonds is 7. The van der Waals surface area contributed by atoms with E-state index in [9.17, 15) is 4.79 Å². The topological polar surface area (TPSA) is 72.5 Å². The first-order chi connectivity index (χ1) is 17.1. The largest absolute Gasteiger partial charge is 0.495 e. The van der Waals surface area contributed by atoms with E-state index in [0.29, 0.717) is 16.5 Å². The summed E-state index contributed by atoms with van der Waals surface area (Å²) in [4.78, 5) is 17.5. The average Bonchev–Trinajstić information content (AvgIpc) is 2.89. The molecule has 5 rings (SSSR count). The molecule has 4 aromatic rings. The lowest BCUT2D eigenvalue weighted by Crippen LogP contribution is -2.20. The molecule has 1 heterocycles. The SMILES string of the molecule is COc1ccccc1Nc1c2c(nc3ccc(NC(=O)COc4ccc(Cl)cc4)cc13)CCCC2. The van der Waals surface area contributed by atoms with E-state index >= 15 is 0 Å². The molecule has 178 valence electrons. The standard InChI is InChI=1S/C28H26ClN3O3/c1-34-26-9-5-4-8-25(26)32-28-21-6-2-3-7-23(21)31-24-15-12-19(16-22(24)28)30-27(33)17-35-20-13-10-18(29)11-14-20/h4-5,8-16H,2-3,6-7,17H2,1H3,(H,30,33)(H,31,32). The number of amides is 1. The summed E-state index contributed by atoms with van der Waals surface area (Å²) in [5.41, 5.74) is 5.84. The van der Waals surface area contributed by atoms with Crippen molar-refractivity contribution in [1.82, 2.24) is 4.98 Å². The van der Waals surface area contributed by atoms with Gasteiger partial charge in [-0.05, 0) is 85.8 Å². The molecule has 0 saturated heterocycles. The summed E-state index contributed by atoms with van der Waals surface area (Å²) in [5.74, 6) is 1.11. The molecule has 1 aromatic heterocycles. The minimum Gasteiger partial charge on any atom is -0.495 e. The van der Waals surface area contributed by atoms with E-state index in [2.05, 4.69) is 10.6 Å². The number of anilines is 3. The molecule has 0 spiro atoms. The van der Waals surface area contributed by atoms with Crippen LogP contribution in [-0.2, 0) is 17.6 Å². The van der Waals surface area contributed by atoms with Crippen molar-refractivity contribution in [3.8, 4) is 11.5 Å². The third-order valence-electron chi connectivity index (χ3n) is 6.10. The Morgan fingerprint density at radius 3 is 2.66 bits per heavy atom. The number of aryl methyl sites for hydroxylation is 1. The fourth-order valence-electron chi connectivity index (χ4n) is 4.40. The first-order valence-electron chi connectivity index (χ1n) is 11.6. The molecule has 0 aliphatic heterocycles.